The smallest absolute Gasteiger partial charge is 0.263 e. The minimum atomic E-state index is 0.00233. The van der Waals surface area contributed by atoms with Gasteiger partial charge in [-0.25, -0.2) is 4.98 Å². The summed E-state index contributed by atoms with van der Waals surface area (Å²) in [6.45, 7) is 7.99. The van der Waals surface area contributed by atoms with E-state index in [2.05, 4.69) is 26.1 Å². The first-order valence-corrected chi connectivity index (χ1v) is 11.7. The number of halogens is 1. The van der Waals surface area contributed by atoms with Gasteiger partial charge < -0.3 is 4.42 Å². The average molecular weight is 491 g/mol. The van der Waals surface area contributed by atoms with E-state index in [0.29, 0.717) is 22.7 Å². The minimum Gasteiger partial charge on any atom is -0.420 e. The molecular weight excluding hydrogens is 472 g/mol. The Hall–Kier alpha value is -1.97. The van der Waals surface area contributed by atoms with Gasteiger partial charge in [0, 0.05) is 21.0 Å². The van der Waals surface area contributed by atoms with E-state index in [1.165, 1.54) is 11.8 Å². The van der Waals surface area contributed by atoms with E-state index in [9.17, 15) is 4.79 Å². The molecule has 0 aliphatic rings. The van der Waals surface area contributed by atoms with Gasteiger partial charge in [-0.3, -0.25) is 9.36 Å². The lowest BCUT2D eigenvalue weighted by atomic mass is 10.2. The van der Waals surface area contributed by atoms with Crippen LogP contribution in [0.3, 0.4) is 0 Å². The summed E-state index contributed by atoms with van der Waals surface area (Å²) in [6.07, 6.45) is 0. The van der Waals surface area contributed by atoms with Gasteiger partial charge in [0.15, 0.2) is 5.16 Å². The molecule has 0 N–H and O–H groups in total. The molecule has 0 amide bonds. The molecule has 0 aliphatic carbocycles. The molecule has 0 unspecified atom stereocenters. The van der Waals surface area contributed by atoms with E-state index in [-0.39, 0.29) is 11.6 Å². The molecule has 3 heterocycles. The van der Waals surface area contributed by atoms with Gasteiger partial charge in [-0.1, -0.05) is 27.7 Å². The van der Waals surface area contributed by atoms with Crippen LogP contribution in [0.15, 0.2) is 43.1 Å². The quantitative estimate of drug-likeness (QED) is 0.261. The maximum absolute atomic E-state index is 13.1. The number of thiophene rings is 1. The maximum atomic E-state index is 13.1. The van der Waals surface area contributed by atoms with E-state index in [1.807, 2.05) is 52.0 Å². The summed E-state index contributed by atoms with van der Waals surface area (Å²) in [5.41, 5.74) is 1.89. The van der Waals surface area contributed by atoms with E-state index in [4.69, 9.17) is 9.40 Å². The molecule has 3 aromatic heterocycles. The van der Waals surface area contributed by atoms with Crippen LogP contribution in [0.5, 0.6) is 0 Å². The first-order valence-electron chi connectivity index (χ1n) is 9.08. The molecule has 4 rings (SSSR count). The second-order valence-corrected chi connectivity index (χ2v) is 9.98. The number of thioether (sulfide) groups is 1. The molecule has 0 radical (unpaired) electrons. The van der Waals surface area contributed by atoms with Crippen LogP contribution in [0, 0.1) is 13.8 Å². The van der Waals surface area contributed by atoms with Crippen LogP contribution in [0.1, 0.15) is 36.2 Å². The number of rotatable bonds is 5. The molecule has 0 saturated heterocycles. The van der Waals surface area contributed by atoms with Crippen molar-refractivity contribution >= 4 is 49.2 Å². The molecule has 0 atom stereocenters. The second kappa shape index (κ2) is 8.04. The van der Waals surface area contributed by atoms with Crippen LogP contribution >= 0.6 is 39.0 Å². The Morgan fingerprint density at radius 3 is 2.62 bits per heavy atom. The van der Waals surface area contributed by atoms with Crippen LogP contribution in [0.2, 0.25) is 0 Å². The number of nitrogens with zero attached hydrogens (tertiary/aromatic N) is 4. The van der Waals surface area contributed by atoms with Crippen molar-refractivity contribution in [2.45, 2.75) is 44.6 Å². The van der Waals surface area contributed by atoms with Gasteiger partial charge in [-0.2, -0.15) is 0 Å². The van der Waals surface area contributed by atoms with Gasteiger partial charge in [0.2, 0.25) is 11.8 Å². The summed E-state index contributed by atoms with van der Waals surface area (Å²) < 4.78 is 8.54. The number of fused-ring (bicyclic) bond motifs is 1. The van der Waals surface area contributed by atoms with Crippen LogP contribution < -0.4 is 5.56 Å². The van der Waals surface area contributed by atoms with Gasteiger partial charge in [-0.15, -0.1) is 21.5 Å². The van der Waals surface area contributed by atoms with Gasteiger partial charge in [0.25, 0.3) is 5.56 Å². The molecule has 0 aliphatic heterocycles. The molecule has 0 fully saturated rings. The Labute approximate surface area is 184 Å². The van der Waals surface area contributed by atoms with E-state index in [1.54, 1.807) is 15.9 Å². The zero-order chi connectivity index (χ0) is 20.7. The van der Waals surface area contributed by atoms with E-state index >= 15 is 0 Å². The van der Waals surface area contributed by atoms with E-state index < -0.39 is 0 Å². The summed E-state index contributed by atoms with van der Waals surface area (Å²) in [4.78, 5) is 19.8. The third kappa shape index (κ3) is 3.91. The summed E-state index contributed by atoms with van der Waals surface area (Å²) >= 11 is 6.41. The van der Waals surface area contributed by atoms with Crippen molar-refractivity contribution in [3.8, 4) is 11.5 Å². The first-order chi connectivity index (χ1) is 13.8. The molecule has 1 aromatic carbocycles. The lowest BCUT2D eigenvalue weighted by molar-refractivity contribution is 0.514. The van der Waals surface area contributed by atoms with Crippen molar-refractivity contribution in [2.24, 2.45) is 0 Å². The van der Waals surface area contributed by atoms with Crippen molar-refractivity contribution in [3.05, 3.63) is 55.4 Å². The number of aromatic nitrogens is 4. The minimum absolute atomic E-state index is 0.00233. The highest BCUT2D eigenvalue weighted by Crippen LogP contribution is 2.31. The van der Waals surface area contributed by atoms with Gasteiger partial charge in [0.1, 0.15) is 4.83 Å². The highest BCUT2D eigenvalue weighted by Gasteiger charge is 2.19. The third-order valence-electron chi connectivity index (χ3n) is 4.60. The Morgan fingerprint density at radius 2 is 1.93 bits per heavy atom. The fraction of sp³-hybridized carbons (Fsp3) is 0.300. The van der Waals surface area contributed by atoms with Crippen LogP contribution in [-0.4, -0.2) is 19.7 Å². The van der Waals surface area contributed by atoms with Crippen LogP contribution in [-0.2, 0) is 5.75 Å². The SMILES string of the molecule is Cc1sc2nc(SCc3nnc(-c4ccc(Br)cc4)o3)n(C(C)C)c(=O)c2c1C. The predicted molar refractivity (Wildman–Crippen MR) is 121 cm³/mol. The van der Waals surface area contributed by atoms with Crippen molar-refractivity contribution in [3.63, 3.8) is 0 Å². The number of benzene rings is 1. The molecule has 0 saturated carbocycles. The highest BCUT2D eigenvalue weighted by atomic mass is 79.9. The molecule has 150 valence electrons. The topological polar surface area (TPSA) is 73.8 Å². The van der Waals surface area contributed by atoms with Crippen LogP contribution in [0.4, 0.5) is 0 Å². The first kappa shape index (κ1) is 20.3. The van der Waals surface area contributed by atoms with Crippen molar-refractivity contribution < 1.29 is 4.42 Å². The fourth-order valence-electron chi connectivity index (χ4n) is 2.99. The molecule has 0 bridgehead atoms. The van der Waals surface area contributed by atoms with Crippen LogP contribution in [0.25, 0.3) is 21.7 Å². The fourth-order valence-corrected chi connectivity index (χ4v) is 5.29. The van der Waals surface area contributed by atoms with Gasteiger partial charge >= 0.3 is 0 Å². The number of hydrogen-bond acceptors (Lipinski definition) is 7. The maximum Gasteiger partial charge on any atom is 0.263 e. The monoisotopic (exact) mass is 490 g/mol. The molecule has 29 heavy (non-hydrogen) atoms. The van der Waals surface area contributed by atoms with Crippen molar-refractivity contribution in [1.82, 2.24) is 19.7 Å². The van der Waals surface area contributed by atoms with E-state index in [0.717, 1.165) is 30.7 Å². The predicted octanol–water partition coefficient (Wildman–Crippen LogP) is 5.76. The standard InChI is InChI=1S/C20H19BrN4O2S2/c1-10(2)25-19(26)16-11(3)12(4)29-18(16)22-20(25)28-9-15-23-24-17(27-15)13-5-7-14(21)8-6-13/h5-8,10H,9H2,1-4H3. The lowest BCUT2D eigenvalue weighted by Gasteiger charge is -2.14. The average Bonchev–Trinajstić information content (AvgIpc) is 3.25. The summed E-state index contributed by atoms with van der Waals surface area (Å²) in [6, 6.07) is 7.70. The molecular formula is C20H19BrN4O2S2. The summed E-state index contributed by atoms with van der Waals surface area (Å²) in [7, 11) is 0. The zero-order valence-corrected chi connectivity index (χ0v) is 19.6. The lowest BCUT2D eigenvalue weighted by Crippen LogP contribution is -2.24. The van der Waals surface area contributed by atoms with Gasteiger partial charge in [-0.05, 0) is 57.5 Å². The Morgan fingerprint density at radius 1 is 1.21 bits per heavy atom. The highest BCUT2D eigenvalue weighted by molar-refractivity contribution is 9.10. The Bertz CT molecular complexity index is 1240. The number of aryl methyl sites for hydroxylation is 2. The third-order valence-corrected chi connectivity index (χ3v) is 7.17. The molecule has 0 spiro atoms. The largest absolute Gasteiger partial charge is 0.420 e. The summed E-state index contributed by atoms with van der Waals surface area (Å²) in [5.74, 6) is 1.41. The number of hydrogen-bond donors (Lipinski definition) is 0. The molecule has 6 nitrogen and oxygen atoms in total. The second-order valence-electron chi connectivity index (χ2n) is 6.92. The van der Waals surface area contributed by atoms with Crippen molar-refractivity contribution in [2.75, 3.05) is 0 Å². The normalized spacial score (nSPS) is 11.7. The zero-order valence-electron chi connectivity index (χ0n) is 16.4. The molecule has 4 aromatic rings. The Balaban J connectivity index is 1.64. The van der Waals surface area contributed by atoms with Crippen molar-refractivity contribution in [1.29, 1.82) is 0 Å². The summed E-state index contributed by atoms with van der Waals surface area (Å²) in [5, 5.41) is 9.67. The molecule has 9 heteroatoms. The van der Waals surface area contributed by atoms with Gasteiger partial charge in [0.05, 0.1) is 11.1 Å². The Kier molecular flexibility index (Phi) is 5.63.